The van der Waals surface area contributed by atoms with E-state index >= 15 is 0 Å². The zero-order valence-corrected chi connectivity index (χ0v) is 13.3. The number of ether oxygens (including phenoxy) is 1. The molecule has 2 rings (SSSR count). The molecule has 0 aliphatic heterocycles. The zero-order valence-electron chi connectivity index (χ0n) is 11.8. The Morgan fingerprint density at radius 1 is 1.19 bits per heavy atom. The summed E-state index contributed by atoms with van der Waals surface area (Å²) in [7, 11) is 0. The molecule has 0 atom stereocenters. The molecule has 0 radical (unpaired) electrons. The SMILES string of the molecule is C=CCOc1c(Cl)cc(CNc2cccc(C)c2)cc1Cl. The van der Waals surface area contributed by atoms with Gasteiger partial charge in [-0.3, -0.25) is 0 Å². The third-order valence-corrected chi connectivity index (χ3v) is 3.48. The fraction of sp³-hybridized carbons (Fsp3) is 0.176. The summed E-state index contributed by atoms with van der Waals surface area (Å²) < 4.78 is 5.45. The second-order valence-corrected chi connectivity index (χ2v) is 5.53. The summed E-state index contributed by atoms with van der Waals surface area (Å²) in [6.07, 6.45) is 1.65. The number of anilines is 1. The number of rotatable bonds is 6. The number of nitrogens with one attached hydrogen (secondary N) is 1. The lowest BCUT2D eigenvalue weighted by Crippen LogP contribution is -2.01. The monoisotopic (exact) mass is 321 g/mol. The molecule has 0 fully saturated rings. The minimum absolute atomic E-state index is 0.375. The van der Waals surface area contributed by atoms with Crippen molar-refractivity contribution in [3.63, 3.8) is 0 Å². The Balaban J connectivity index is 2.09. The van der Waals surface area contributed by atoms with E-state index in [0.717, 1.165) is 11.3 Å². The van der Waals surface area contributed by atoms with Gasteiger partial charge in [-0.15, -0.1) is 0 Å². The lowest BCUT2D eigenvalue weighted by molar-refractivity contribution is 0.363. The Bertz CT molecular complexity index is 617. The standard InChI is InChI=1S/C17H17Cl2NO/c1-3-7-21-17-15(18)9-13(10-16(17)19)11-20-14-6-4-5-12(2)8-14/h3-6,8-10,20H,1,7,11H2,2H3. The van der Waals surface area contributed by atoms with Crippen molar-refractivity contribution < 1.29 is 4.74 Å². The molecule has 1 N–H and O–H groups in total. The summed E-state index contributed by atoms with van der Waals surface area (Å²) in [4.78, 5) is 0. The van der Waals surface area contributed by atoms with Crippen LogP contribution in [-0.4, -0.2) is 6.61 Å². The smallest absolute Gasteiger partial charge is 0.156 e. The lowest BCUT2D eigenvalue weighted by atomic mass is 10.2. The predicted octanol–water partition coefficient (Wildman–Crippen LogP) is 5.48. The maximum absolute atomic E-state index is 6.21. The molecule has 0 aliphatic carbocycles. The second kappa shape index (κ2) is 7.39. The van der Waals surface area contributed by atoms with Crippen molar-refractivity contribution in [1.29, 1.82) is 0 Å². The van der Waals surface area contributed by atoms with Crippen molar-refractivity contribution in [2.24, 2.45) is 0 Å². The molecule has 0 aromatic heterocycles. The fourth-order valence-corrected chi connectivity index (χ4v) is 2.60. The van der Waals surface area contributed by atoms with Crippen LogP contribution in [0.15, 0.2) is 49.1 Å². The molecule has 0 heterocycles. The van der Waals surface area contributed by atoms with E-state index in [0.29, 0.717) is 28.9 Å². The topological polar surface area (TPSA) is 21.3 Å². The molecule has 0 saturated carbocycles. The first-order valence-electron chi connectivity index (χ1n) is 6.62. The van der Waals surface area contributed by atoms with Crippen molar-refractivity contribution in [2.75, 3.05) is 11.9 Å². The van der Waals surface area contributed by atoms with Crippen LogP contribution in [0.2, 0.25) is 10.0 Å². The Morgan fingerprint density at radius 2 is 1.90 bits per heavy atom. The summed E-state index contributed by atoms with van der Waals surface area (Å²) >= 11 is 12.4. The Kier molecular flexibility index (Phi) is 5.54. The van der Waals surface area contributed by atoms with Gasteiger partial charge in [0.1, 0.15) is 6.61 Å². The lowest BCUT2D eigenvalue weighted by Gasteiger charge is -2.12. The zero-order chi connectivity index (χ0) is 15.2. The van der Waals surface area contributed by atoms with Crippen LogP contribution in [0.4, 0.5) is 5.69 Å². The number of hydrogen-bond acceptors (Lipinski definition) is 2. The number of halogens is 2. The van der Waals surface area contributed by atoms with Crippen LogP contribution in [0, 0.1) is 6.92 Å². The van der Waals surface area contributed by atoms with E-state index in [1.165, 1.54) is 5.56 Å². The predicted molar refractivity (Wildman–Crippen MR) is 90.7 cm³/mol. The molecule has 0 aliphatic rings. The minimum Gasteiger partial charge on any atom is -0.486 e. The van der Waals surface area contributed by atoms with Crippen LogP contribution in [0.1, 0.15) is 11.1 Å². The number of aryl methyl sites for hydroxylation is 1. The third kappa shape index (κ3) is 4.42. The molecule has 0 spiro atoms. The first-order valence-corrected chi connectivity index (χ1v) is 7.38. The van der Waals surface area contributed by atoms with Crippen molar-refractivity contribution in [1.82, 2.24) is 0 Å². The highest BCUT2D eigenvalue weighted by Crippen LogP contribution is 2.34. The van der Waals surface area contributed by atoms with Crippen LogP contribution >= 0.6 is 23.2 Å². The number of hydrogen-bond donors (Lipinski definition) is 1. The van der Waals surface area contributed by atoms with Gasteiger partial charge in [0.2, 0.25) is 0 Å². The fourth-order valence-electron chi connectivity index (χ4n) is 1.95. The number of benzene rings is 2. The van der Waals surface area contributed by atoms with Gasteiger partial charge in [-0.25, -0.2) is 0 Å². The Labute approximate surface area is 135 Å². The highest BCUT2D eigenvalue weighted by Gasteiger charge is 2.09. The van der Waals surface area contributed by atoms with Crippen molar-refractivity contribution in [3.8, 4) is 5.75 Å². The summed E-state index contributed by atoms with van der Waals surface area (Å²) in [6, 6.07) is 11.9. The summed E-state index contributed by atoms with van der Waals surface area (Å²) in [5, 5.41) is 4.35. The van der Waals surface area contributed by atoms with Crippen LogP contribution in [0.5, 0.6) is 5.75 Å². The van der Waals surface area contributed by atoms with Gasteiger partial charge in [0.05, 0.1) is 10.0 Å². The Morgan fingerprint density at radius 3 is 2.52 bits per heavy atom. The Hall–Kier alpha value is -1.64. The average Bonchev–Trinajstić information content (AvgIpc) is 2.44. The van der Waals surface area contributed by atoms with E-state index in [1.807, 2.05) is 24.3 Å². The van der Waals surface area contributed by atoms with Gasteiger partial charge < -0.3 is 10.1 Å². The van der Waals surface area contributed by atoms with Crippen LogP contribution < -0.4 is 10.1 Å². The quantitative estimate of drug-likeness (QED) is 0.711. The molecule has 2 aromatic rings. The summed E-state index contributed by atoms with van der Waals surface area (Å²) in [5.41, 5.74) is 3.27. The van der Waals surface area contributed by atoms with Crippen LogP contribution in [-0.2, 0) is 6.54 Å². The maximum Gasteiger partial charge on any atom is 0.156 e. The molecule has 0 bridgehead atoms. The van der Waals surface area contributed by atoms with E-state index in [1.54, 1.807) is 6.08 Å². The van der Waals surface area contributed by atoms with E-state index < -0.39 is 0 Å². The van der Waals surface area contributed by atoms with Gasteiger partial charge in [-0.1, -0.05) is 48.0 Å². The molecular weight excluding hydrogens is 305 g/mol. The molecule has 2 aromatic carbocycles. The summed E-state index contributed by atoms with van der Waals surface area (Å²) in [5.74, 6) is 0.498. The van der Waals surface area contributed by atoms with E-state index in [2.05, 4.69) is 31.0 Å². The molecular formula is C17H17Cl2NO. The largest absolute Gasteiger partial charge is 0.486 e. The first-order chi connectivity index (χ1) is 10.1. The average molecular weight is 322 g/mol. The van der Waals surface area contributed by atoms with E-state index in [-0.39, 0.29) is 0 Å². The highest BCUT2D eigenvalue weighted by atomic mass is 35.5. The molecule has 4 heteroatoms. The van der Waals surface area contributed by atoms with Crippen LogP contribution in [0.3, 0.4) is 0 Å². The van der Waals surface area contributed by atoms with Crippen molar-refractivity contribution >= 4 is 28.9 Å². The molecule has 0 amide bonds. The molecule has 2 nitrogen and oxygen atoms in total. The normalized spacial score (nSPS) is 10.2. The van der Waals surface area contributed by atoms with Gasteiger partial charge in [0.25, 0.3) is 0 Å². The summed E-state index contributed by atoms with van der Waals surface area (Å²) in [6.45, 7) is 6.68. The van der Waals surface area contributed by atoms with Crippen LogP contribution in [0.25, 0.3) is 0 Å². The first kappa shape index (κ1) is 15.7. The molecule has 0 unspecified atom stereocenters. The molecule has 110 valence electrons. The van der Waals surface area contributed by atoms with Gasteiger partial charge in [0.15, 0.2) is 5.75 Å². The van der Waals surface area contributed by atoms with Gasteiger partial charge in [-0.05, 0) is 42.3 Å². The van der Waals surface area contributed by atoms with E-state index in [9.17, 15) is 0 Å². The second-order valence-electron chi connectivity index (χ2n) is 4.71. The van der Waals surface area contributed by atoms with Gasteiger partial charge in [0, 0.05) is 12.2 Å². The maximum atomic E-state index is 6.21. The van der Waals surface area contributed by atoms with E-state index in [4.69, 9.17) is 27.9 Å². The molecule has 0 saturated heterocycles. The molecule has 21 heavy (non-hydrogen) atoms. The van der Waals surface area contributed by atoms with Gasteiger partial charge in [-0.2, -0.15) is 0 Å². The highest BCUT2D eigenvalue weighted by molar-refractivity contribution is 6.37. The third-order valence-electron chi connectivity index (χ3n) is 2.92. The van der Waals surface area contributed by atoms with Crippen molar-refractivity contribution in [2.45, 2.75) is 13.5 Å². The van der Waals surface area contributed by atoms with Crippen molar-refractivity contribution in [3.05, 3.63) is 70.2 Å². The van der Waals surface area contributed by atoms with Gasteiger partial charge >= 0.3 is 0 Å². The minimum atomic E-state index is 0.375.